The van der Waals surface area contributed by atoms with Crippen molar-refractivity contribution in [3.63, 3.8) is 0 Å². The first-order valence-corrected chi connectivity index (χ1v) is 13.7. The zero-order valence-corrected chi connectivity index (χ0v) is 21.7. The smallest absolute Gasteiger partial charge is 0.00899 e. The van der Waals surface area contributed by atoms with Crippen LogP contribution in [0.5, 0.6) is 0 Å². The van der Waals surface area contributed by atoms with E-state index in [1.807, 2.05) is 0 Å². The number of rotatable bonds is 4. The number of allylic oxidation sites excluding steroid dienone is 1. The maximum Gasteiger partial charge on any atom is -0.00899 e. The molecule has 0 aromatic rings. The molecule has 0 N–H and O–H groups in total. The van der Waals surface area contributed by atoms with E-state index in [4.69, 9.17) is 6.58 Å². The summed E-state index contributed by atoms with van der Waals surface area (Å²) in [5.74, 6) is 5.20. The molecule has 0 aromatic carbocycles. The van der Waals surface area contributed by atoms with Crippen LogP contribution < -0.4 is 0 Å². The number of hydrogen-bond donors (Lipinski definition) is 0. The van der Waals surface area contributed by atoms with Crippen molar-refractivity contribution in [3.8, 4) is 0 Å². The van der Waals surface area contributed by atoms with Gasteiger partial charge in [0.15, 0.2) is 0 Å². The van der Waals surface area contributed by atoms with Gasteiger partial charge in [-0.15, -0.1) is 0 Å². The van der Waals surface area contributed by atoms with Crippen molar-refractivity contribution < 1.29 is 0 Å². The molecular weight excluding hydrogens is 360 g/mol. The fraction of sp³-hybridized carbons (Fsp3) is 0.933. The first kappa shape index (κ1) is 22.9. The quantitative estimate of drug-likeness (QED) is 0.403. The SMILES string of the molecule is C=C1CC2[C@@]3(C)CC[C@H](C)[C@H](C)C3CC[C@@]2(C)[C@]2(C)CC[C@](C)(C(CC)CCC)C12. The molecular formula is C30H52. The van der Waals surface area contributed by atoms with Gasteiger partial charge in [-0.3, -0.25) is 0 Å². The lowest BCUT2D eigenvalue weighted by Gasteiger charge is -2.69. The molecule has 0 nitrogen and oxygen atoms in total. The second-order valence-corrected chi connectivity index (χ2v) is 13.6. The zero-order chi connectivity index (χ0) is 22.1. The molecule has 4 unspecified atom stereocenters. The third-order valence-electron chi connectivity index (χ3n) is 12.8. The van der Waals surface area contributed by atoms with Gasteiger partial charge in [-0.25, -0.2) is 0 Å². The molecule has 0 radical (unpaired) electrons. The summed E-state index contributed by atoms with van der Waals surface area (Å²) in [6, 6.07) is 0. The second kappa shape index (κ2) is 7.38. The summed E-state index contributed by atoms with van der Waals surface area (Å²) in [7, 11) is 0. The number of fused-ring (bicyclic) bond motifs is 5. The van der Waals surface area contributed by atoms with Gasteiger partial charge in [0.1, 0.15) is 0 Å². The van der Waals surface area contributed by atoms with E-state index in [2.05, 4.69) is 55.4 Å². The van der Waals surface area contributed by atoms with E-state index in [1.165, 1.54) is 64.2 Å². The monoisotopic (exact) mass is 412 g/mol. The lowest BCUT2D eigenvalue weighted by Crippen LogP contribution is -2.62. The van der Waals surface area contributed by atoms with Crippen LogP contribution in [0.15, 0.2) is 12.2 Å². The van der Waals surface area contributed by atoms with Gasteiger partial charge in [0.2, 0.25) is 0 Å². The van der Waals surface area contributed by atoms with Gasteiger partial charge in [0, 0.05) is 0 Å². The van der Waals surface area contributed by atoms with Gasteiger partial charge in [0.25, 0.3) is 0 Å². The Hall–Kier alpha value is -0.260. The summed E-state index contributed by atoms with van der Waals surface area (Å²) in [5.41, 5.74) is 3.59. The third kappa shape index (κ3) is 2.76. The highest BCUT2D eigenvalue weighted by Crippen LogP contribution is 2.77. The molecule has 10 atom stereocenters. The van der Waals surface area contributed by atoms with E-state index >= 15 is 0 Å². The maximum atomic E-state index is 4.90. The summed E-state index contributed by atoms with van der Waals surface area (Å²) in [6.07, 6.45) is 14.1. The summed E-state index contributed by atoms with van der Waals surface area (Å²) >= 11 is 0. The minimum absolute atomic E-state index is 0.448. The Morgan fingerprint density at radius 2 is 1.63 bits per heavy atom. The third-order valence-corrected chi connectivity index (χ3v) is 12.8. The molecule has 172 valence electrons. The predicted molar refractivity (Wildman–Crippen MR) is 131 cm³/mol. The molecule has 4 rings (SSSR count). The summed E-state index contributed by atoms with van der Waals surface area (Å²) in [5, 5.41) is 0. The van der Waals surface area contributed by atoms with Crippen molar-refractivity contribution in [3.05, 3.63) is 12.2 Å². The summed E-state index contributed by atoms with van der Waals surface area (Å²) in [4.78, 5) is 0. The Balaban J connectivity index is 1.75. The predicted octanol–water partition coefficient (Wildman–Crippen LogP) is 9.30. The molecule has 4 aliphatic rings. The minimum atomic E-state index is 0.448. The lowest BCUT2D eigenvalue weighted by molar-refractivity contribution is -0.186. The summed E-state index contributed by atoms with van der Waals surface area (Å²) < 4.78 is 0. The van der Waals surface area contributed by atoms with Crippen LogP contribution in [0.2, 0.25) is 0 Å². The van der Waals surface area contributed by atoms with Gasteiger partial charge in [0.05, 0.1) is 0 Å². The molecule has 0 aliphatic heterocycles. The van der Waals surface area contributed by atoms with Crippen LogP contribution in [-0.2, 0) is 0 Å². The lowest BCUT2D eigenvalue weighted by atomic mass is 9.35. The van der Waals surface area contributed by atoms with Crippen LogP contribution in [0.25, 0.3) is 0 Å². The minimum Gasteiger partial charge on any atom is -0.0995 e. The van der Waals surface area contributed by atoms with Gasteiger partial charge in [-0.05, 0) is 102 Å². The largest absolute Gasteiger partial charge is 0.0995 e. The molecule has 0 aromatic heterocycles. The van der Waals surface area contributed by atoms with E-state index < -0.39 is 0 Å². The Bertz CT molecular complexity index is 676. The Morgan fingerprint density at radius 1 is 0.933 bits per heavy atom. The van der Waals surface area contributed by atoms with Crippen molar-refractivity contribution in [1.82, 2.24) is 0 Å². The molecule has 30 heavy (non-hydrogen) atoms. The van der Waals surface area contributed by atoms with E-state index in [1.54, 1.807) is 5.57 Å². The van der Waals surface area contributed by atoms with Crippen molar-refractivity contribution in [2.24, 2.45) is 57.2 Å². The Morgan fingerprint density at radius 3 is 2.27 bits per heavy atom. The van der Waals surface area contributed by atoms with Crippen molar-refractivity contribution >= 4 is 0 Å². The van der Waals surface area contributed by atoms with Gasteiger partial charge < -0.3 is 0 Å². The Labute approximate surface area is 189 Å². The summed E-state index contributed by atoms with van der Waals surface area (Å²) in [6.45, 7) is 25.7. The topological polar surface area (TPSA) is 0 Å². The molecule has 0 saturated heterocycles. The zero-order valence-electron chi connectivity index (χ0n) is 21.7. The van der Waals surface area contributed by atoms with Crippen LogP contribution in [0.3, 0.4) is 0 Å². The molecule has 0 heteroatoms. The maximum absolute atomic E-state index is 4.90. The van der Waals surface area contributed by atoms with E-state index in [0.717, 1.165) is 35.5 Å². The molecule has 4 aliphatic carbocycles. The molecule has 4 saturated carbocycles. The van der Waals surface area contributed by atoms with Crippen LogP contribution in [-0.4, -0.2) is 0 Å². The highest BCUT2D eigenvalue weighted by atomic mass is 14.7. The van der Waals surface area contributed by atoms with Gasteiger partial charge >= 0.3 is 0 Å². The fourth-order valence-electron chi connectivity index (χ4n) is 10.8. The van der Waals surface area contributed by atoms with Crippen molar-refractivity contribution in [1.29, 1.82) is 0 Å². The molecule has 0 amide bonds. The van der Waals surface area contributed by atoms with E-state index in [0.29, 0.717) is 21.7 Å². The fourth-order valence-corrected chi connectivity index (χ4v) is 10.8. The standard InChI is InChI=1S/C30H52/c1-10-12-23(11-2)27(6)17-18-30(9)26(27)21(4)19-25-28(7)15-13-20(3)22(5)24(28)14-16-29(25,30)8/h20,22-26H,4,10-19H2,1-3,5-9H3/t20-,22-,23?,24?,25?,26?,27+,28-,29+,30+/m0/s1. The molecule has 4 fully saturated rings. The normalized spacial score (nSPS) is 54.3. The first-order chi connectivity index (χ1) is 14.0. The highest BCUT2D eigenvalue weighted by molar-refractivity contribution is 5.28. The Kier molecular flexibility index (Phi) is 5.64. The average Bonchev–Trinajstić information content (AvgIpc) is 2.99. The molecule has 0 heterocycles. The number of hydrogen-bond acceptors (Lipinski definition) is 0. The second-order valence-electron chi connectivity index (χ2n) is 13.6. The van der Waals surface area contributed by atoms with Crippen LogP contribution >= 0.6 is 0 Å². The average molecular weight is 413 g/mol. The molecule has 0 spiro atoms. The molecule has 0 bridgehead atoms. The van der Waals surface area contributed by atoms with Gasteiger partial charge in [-0.1, -0.05) is 86.8 Å². The van der Waals surface area contributed by atoms with Crippen molar-refractivity contribution in [2.45, 2.75) is 120 Å². The van der Waals surface area contributed by atoms with Crippen LogP contribution in [0, 0.1) is 57.2 Å². The van der Waals surface area contributed by atoms with Gasteiger partial charge in [-0.2, -0.15) is 0 Å². The van der Waals surface area contributed by atoms with Crippen LogP contribution in [0.4, 0.5) is 0 Å². The van der Waals surface area contributed by atoms with Crippen molar-refractivity contribution in [2.75, 3.05) is 0 Å². The van der Waals surface area contributed by atoms with E-state index in [-0.39, 0.29) is 0 Å². The highest BCUT2D eigenvalue weighted by Gasteiger charge is 2.70. The first-order valence-electron chi connectivity index (χ1n) is 13.7. The van der Waals surface area contributed by atoms with E-state index in [9.17, 15) is 0 Å². The van der Waals surface area contributed by atoms with Crippen LogP contribution in [0.1, 0.15) is 120 Å².